The lowest BCUT2D eigenvalue weighted by molar-refractivity contribution is -0.576. The van der Waals surface area contributed by atoms with Crippen molar-refractivity contribution in [2.75, 3.05) is 0 Å². The Morgan fingerprint density at radius 2 is 1.71 bits per heavy atom. The van der Waals surface area contributed by atoms with Crippen LogP contribution in [0, 0.1) is 29.6 Å². The molecule has 4 N–H and O–H groups in total. The highest BCUT2D eigenvalue weighted by molar-refractivity contribution is 5.91. The Kier molecular flexibility index (Phi) is 9.88. The number of nitrogens with one attached hydrogen (secondary N) is 2. The SMILES string of the molecule is CC(C)C[C@H](NC(=O)CCC(=O)O[C@@H]1O[C@H]2O[C@]3(C)CC[C@H]4[C@H](C)CC[C@H]([C@H]1C)[C@@]24OO3)C(=O)N[C@H](C(=O)O)[C@@H](C)O. The number of amides is 2. The lowest BCUT2D eigenvalue weighted by Gasteiger charge is -2.59. The summed E-state index contributed by atoms with van der Waals surface area (Å²) in [6.45, 7) is 10.9. The monoisotopic (exact) mass is 598 g/mol. The number of carbonyl (C=O) groups is 4. The molecule has 1 aliphatic carbocycles. The minimum atomic E-state index is -1.52. The Hall–Kier alpha value is -2.32. The van der Waals surface area contributed by atoms with Crippen LogP contribution < -0.4 is 10.6 Å². The molecule has 4 aliphatic heterocycles. The molecular weight excluding hydrogens is 552 g/mol. The number of fused-ring (bicyclic) bond motifs is 2. The Bertz CT molecular complexity index is 1040. The summed E-state index contributed by atoms with van der Waals surface area (Å²) in [6, 6.07) is -2.56. The van der Waals surface area contributed by atoms with Crippen molar-refractivity contribution >= 4 is 23.8 Å². The summed E-state index contributed by atoms with van der Waals surface area (Å²) in [6.07, 6.45) is 0.133. The fourth-order valence-electron chi connectivity index (χ4n) is 7.02. The summed E-state index contributed by atoms with van der Waals surface area (Å²) < 4.78 is 18.3. The molecule has 0 unspecified atom stereocenters. The van der Waals surface area contributed by atoms with Crippen LogP contribution >= 0.6 is 0 Å². The highest BCUT2D eigenvalue weighted by atomic mass is 17.3. The van der Waals surface area contributed by atoms with Crippen LogP contribution in [-0.2, 0) is 43.2 Å². The van der Waals surface area contributed by atoms with E-state index in [1.54, 1.807) is 0 Å². The number of ether oxygens (including phenoxy) is 3. The van der Waals surface area contributed by atoms with E-state index in [-0.39, 0.29) is 42.9 Å². The first-order valence-electron chi connectivity index (χ1n) is 15.1. The zero-order chi connectivity index (χ0) is 31.0. The van der Waals surface area contributed by atoms with E-state index < -0.39 is 65.9 Å². The Balaban J connectivity index is 1.35. The maximum absolute atomic E-state index is 12.9. The van der Waals surface area contributed by atoms with Crippen molar-refractivity contribution in [1.29, 1.82) is 0 Å². The van der Waals surface area contributed by atoms with Gasteiger partial charge in [-0.2, -0.15) is 0 Å². The van der Waals surface area contributed by atoms with Gasteiger partial charge < -0.3 is 35.1 Å². The molecule has 5 aliphatic rings. The summed E-state index contributed by atoms with van der Waals surface area (Å²) >= 11 is 0. The van der Waals surface area contributed by atoms with E-state index in [1.165, 1.54) is 6.92 Å². The van der Waals surface area contributed by atoms with Crippen LogP contribution in [0.15, 0.2) is 0 Å². The number of esters is 1. The summed E-state index contributed by atoms with van der Waals surface area (Å²) in [5.74, 6) is -3.95. The van der Waals surface area contributed by atoms with E-state index in [2.05, 4.69) is 17.6 Å². The molecule has 13 nitrogen and oxygen atoms in total. The number of carboxylic acids is 1. The minimum Gasteiger partial charge on any atom is -0.480 e. The summed E-state index contributed by atoms with van der Waals surface area (Å²) in [4.78, 5) is 61.6. The molecule has 1 saturated carbocycles. The van der Waals surface area contributed by atoms with Crippen molar-refractivity contribution in [3.05, 3.63) is 0 Å². The lowest BCUT2D eigenvalue weighted by atomic mass is 9.58. The third kappa shape index (κ3) is 6.59. The molecule has 2 amide bonds. The first kappa shape index (κ1) is 32.6. The normalized spacial score (nSPS) is 37.5. The molecule has 13 heteroatoms. The quantitative estimate of drug-likeness (QED) is 0.202. The fourth-order valence-corrected chi connectivity index (χ4v) is 7.02. The van der Waals surface area contributed by atoms with Gasteiger partial charge in [0.05, 0.1) is 12.5 Å². The zero-order valence-electron chi connectivity index (χ0n) is 25.3. The zero-order valence-corrected chi connectivity index (χ0v) is 25.3. The molecule has 0 radical (unpaired) electrons. The van der Waals surface area contributed by atoms with Gasteiger partial charge in [-0.25, -0.2) is 14.6 Å². The number of hydrogen-bond donors (Lipinski definition) is 4. The van der Waals surface area contributed by atoms with E-state index >= 15 is 0 Å². The molecule has 4 heterocycles. The number of aliphatic hydroxyl groups is 1. The maximum atomic E-state index is 12.9. The predicted molar refractivity (Wildman–Crippen MR) is 145 cm³/mol. The van der Waals surface area contributed by atoms with Crippen LogP contribution in [0.5, 0.6) is 0 Å². The second kappa shape index (κ2) is 12.7. The van der Waals surface area contributed by atoms with Gasteiger partial charge in [0.15, 0.2) is 17.9 Å². The molecular formula is C29H46N2O11. The number of rotatable bonds is 11. The number of carboxylic acid groups (broad SMARTS) is 1. The largest absolute Gasteiger partial charge is 0.480 e. The van der Waals surface area contributed by atoms with Gasteiger partial charge in [-0.3, -0.25) is 14.4 Å². The van der Waals surface area contributed by atoms with Crippen LogP contribution in [0.4, 0.5) is 0 Å². The Labute approximate surface area is 246 Å². The van der Waals surface area contributed by atoms with Crippen molar-refractivity contribution in [2.45, 2.75) is 129 Å². The molecule has 1 spiro atoms. The lowest BCUT2D eigenvalue weighted by Crippen LogP contribution is -2.70. The van der Waals surface area contributed by atoms with Crippen molar-refractivity contribution in [3.8, 4) is 0 Å². The highest BCUT2D eigenvalue weighted by Crippen LogP contribution is 2.60. The number of aliphatic carboxylic acids is 1. The molecule has 0 aromatic heterocycles. The third-order valence-electron chi connectivity index (χ3n) is 9.31. The van der Waals surface area contributed by atoms with Crippen LogP contribution in [0.25, 0.3) is 0 Å². The average Bonchev–Trinajstić information content (AvgIpc) is 3.13. The second-order valence-electron chi connectivity index (χ2n) is 13.1. The smallest absolute Gasteiger partial charge is 0.328 e. The Morgan fingerprint density at radius 3 is 2.36 bits per heavy atom. The van der Waals surface area contributed by atoms with Crippen LogP contribution in [-0.4, -0.2) is 76.1 Å². The van der Waals surface area contributed by atoms with Crippen LogP contribution in [0.3, 0.4) is 0 Å². The molecule has 2 bridgehead atoms. The predicted octanol–water partition coefficient (Wildman–Crippen LogP) is 2.00. The van der Waals surface area contributed by atoms with Crippen molar-refractivity contribution in [2.24, 2.45) is 29.6 Å². The van der Waals surface area contributed by atoms with Crippen LogP contribution in [0.2, 0.25) is 0 Å². The third-order valence-corrected chi connectivity index (χ3v) is 9.31. The standard InChI is InChI=1S/C29H46N2O11/c1-14(2)13-20(24(35)31-23(17(5)32)25(36)37)30-21(33)9-10-22(34)38-26-16(4)19-8-7-15(3)18-11-12-28(6)40-27(39-26)29(18,19)42-41-28/h14-20,23,26-27,32H,7-13H2,1-6H3,(H,30,33)(H,31,35)(H,36,37)/t15-,16-,17-,18+,19-,20+,23+,26-,27+,28+,29-/m1/s1. The minimum absolute atomic E-state index is 0.00504. The molecule has 11 atom stereocenters. The van der Waals surface area contributed by atoms with Gasteiger partial charge in [0, 0.05) is 24.7 Å². The molecule has 5 fully saturated rings. The van der Waals surface area contributed by atoms with Gasteiger partial charge in [-0.05, 0) is 57.3 Å². The van der Waals surface area contributed by atoms with E-state index in [4.69, 9.17) is 24.0 Å². The van der Waals surface area contributed by atoms with E-state index in [9.17, 15) is 29.4 Å². The Morgan fingerprint density at radius 1 is 1.00 bits per heavy atom. The molecule has 5 rings (SSSR count). The van der Waals surface area contributed by atoms with Crippen molar-refractivity contribution in [1.82, 2.24) is 10.6 Å². The summed E-state index contributed by atoms with van der Waals surface area (Å²) in [5.41, 5.74) is -0.782. The van der Waals surface area contributed by atoms with Gasteiger partial charge in [0.2, 0.25) is 23.9 Å². The first-order valence-corrected chi connectivity index (χ1v) is 15.1. The van der Waals surface area contributed by atoms with Crippen LogP contribution in [0.1, 0.15) is 86.5 Å². The number of carbonyl (C=O) groups excluding carboxylic acids is 3. The molecule has 0 aromatic rings. The van der Waals surface area contributed by atoms with Gasteiger partial charge in [-0.15, -0.1) is 0 Å². The van der Waals surface area contributed by atoms with Gasteiger partial charge in [-0.1, -0.05) is 27.7 Å². The fraction of sp³-hybridized carbons (Fsp3) is 0.862. The maximum Gasteiger partial charge on any atom is 0.328 e. The molecule has 238 valence electrons. The average molecular weight is 599 g/mol. The summed E-state index contributed by atoms with van der Waals surface area (Å²) in [7, 11) is 0. The van der Waals surface area contributed by atoms with E-state index in [0.29, 0.717) is 12.3 Å². The van der Waals surface area contributed by atoms with Gasteiger partial charge in [0.25, 0.3) is 0 Å². The molecule has 0 aromatic carbocycles. The van der Waals surface area contributed by atoms with Gasteiger partial charge in [0.1, 0.15) is 6.04 Å². The van der Waals surface area contributed by atoms with Crippen molar-refractivity contribution in [3.63, 3.8) is 0 Å². The van der Waals surface area contributed by atoms with E-state index in [1.807, 2.05) is 27.7 Å². The molecule has 4 saturated heterocycles. The number of hydrogen-bond acceptors (Lipinski definition) is 10. The number of aliphatic hydroxyl groups excluding tert-OH is 1. The highest BCUT2D eigenvalue weighted by Gasteiger charge is 2.69. The summed E-state index contributed by atoms with van der Waals surface area (Å²) in [5, 5.41) is 23.8. The second-order valence-corrected chi connectivity index (χ2v) is 13.1. The van der Waals surface area contributed by atoms with E-state index in [0.717, 1.165) is 19.3 Å². The topological polar surface area (TPSA) is 179 Å². The van der Waals surface area contributed by atoms with Crippen molar-refractivity contribution < 1.29 is 53.4 Å². The molecule has 42 heavy (non-hydrogen) atoms. The first-order chi connectivity index (χ1) is 19.7. The van der Waals surface area contributed by atoms with Gasteiger partial charge >= 0.3 is 11.9 Å².